The number of pyridine rings is 1. The standard InChI is InChI=1S/C21H19N3O3/c1-24(17-6-4-3-5-7-17)18-12-13-22-19(14-18)20(25)23-16-10-8-15(9-11-16)21(26)27-2/h3-14H,1-2H3,(H,23,25). The third kappa shape index (κ3) is 4.30. The van der Waals surface area contributed by atoms with Crippen LogP contribution in [-0.4, -0.2) is 31.0 Å². The Balaban J connectivity index is 1.75. The lowest BCUT2D eigenvalue weighted by molar-refractivity contribution is 0.0600. The number of esters is 1. The van der Waals surface area contributed by atoms with Crippen molar-refractivity contribution in [2.75, 3.05) is 24.4 Å². The Kier molecular flexibility index (Phi) is 5.47. The number of ether oxygens (including phenoxy) is 1. The van der Waals surface area contributed by atoms with E-state index in [-0.39, 0.29) is 5.91 Å². The minimum atomic E-state index is -0.425. The van der Waals surface area contributed by atoms with Crippen molar-refractivity contribution in [1.29, 1.82) is 0 Å². The van der Waals surface area contributed by atoms with Gasteiger partial charge in [0.2, 0.25) is 0 Å². The first-order valence-corrected chi connectivity index (χ1v) is 8.33. The number of hydrogen-bond donors (Lipinski definition) is 1. The second kappa shape index (κ2) is 8.14. The van der Waals surface area contributed by atoms with E-state index in [1.165, 1.54) is 7.11 Å². The normalized spacial score (nSPS) is 10.1. The van der Waals surface area contributed by atoms with Crippen LogP contribution in [0.15, 0.2) is 72.9 Å². The fourth-order valence-electron chi connectivity index (χ4n) is 2.56. The van der Waals surface area contributed by atoms with Crippen LogP contribution in [0.4, 0.5) is 17.1 Å². The molecule has 0 aliphatic heterocycles. The van der Waals surface area contributed by atoms with Crippen LogP contribution >= 0.6 is 0 Å². The van der Waals surface area contributed by atoms with Gasteiger partial charge in [0, 0.05) is 30.3 Å². The highest BCUT2D eigenvalue weighted by Gasteiger charge is 2.12. The number of carbonyl (C=O) groups excluding carboxylic acids is 2. The first-order valence-electron chi connectivity index (χ1n) is 8.33. The molecule has 2 aromatic carbocycles. The van der Waals surface area contributed by atoms with Crippen LogP contribution in [0.25, 0.3) is 0 Å². The number of hydrogen-bond acceptors (Lipinski definition) is 5. The number of methoxy groups -OCH3 is 1. The van der Waals surface area contributed by atoms with Crippen molar-refractivity contribution in [3.05, 3.63) is 84.2 Å². The van der Waals surface area contributed by atoms with Gasteiger partial charge >= 0.3 is 5.97 Å². The maximum Gasteiger partial charge on any atom is 0.337 e. The summed E-state index contributed by atoms with van der Waals surface area (Å²) < 4.78 is 4.66. The van der Waals surface area contributed by atoms with E-state index in [0.29, 0.717) is 16.9 Å². The van der Waals surface area contributed by atoms with Gasteiger partial charge in [-0.2, -0.15) is 0 Å². The van der Waals surface area contributed by atoms with E-state index in [1.807, 2.05) is 48.3 Å². The fraction of sp³-hybridized carbons (Fsp3) is 0.0952. The highest BCUT2D eigenvalue weighted by Crippen LogP contribution is 2.23. The molecular formula is C21H19N3O3. The smallest absolute Gasteiger partial charge is 0.337 e. The maximum absolute atomic E-state index is 12.5. The highest BCUT2D eigenvalue weighted by atomic mass is 16.5. The molecule has 0 fully saturated rings. The molecule has 0 bridgehead atoms. The predicted octanol–water partition coefficient (Wildman–Crippen LogP) is 3.89. The zero-order chi connectivity index (χ0) is 19.2. The molecule has 6 heteroatoms. The molecule has 136 valence electrons. The van der Waals surface area contributed by atoms with Crippen molar-refractivity contribution in [2.24, 2.45) is 0 Å². The molecule has 0 saturated carbocycles. The van der Waals surface area contributed by atoms with Gasteiger partial charge in [-0.25, -0.2) is 4.79 Å². The summed E-state index contributed by atoms with van der Waals surface area (Å²) in [4.78, 5) is 30.1. The van der Waals surface area contributed by atoms with Gasteiger partial charge in [-0.05, 0) is 48.5 Å². The van der Waals surface area contributed by atoms with Crippen LogP contribution in [0.2, 0.25) is 0 Å². The fourth-order valence-corrected chi connectivity index (χ4v) is 2.56. The molecule has 0 atom stereocenters. The third-order valence-corrected chi connectivity index (χ3v) is 4.07. The quantitative estimate of drug-likeness (QED) is 0.698. The number of carbonyl (C=O) groups is 2. The van der Waals surface area contributed by atoms with E-state index in [1.54, 1.807) is 36.5 Å². The molecule has 27 heavy (non-hydrogen) atoms. The second-order valence-electron chi connectivity index (χ2n) is 5.82. The topological polar surface area (TPSA) is 71.5 Å². The van der Waals surface area contributed by atoms with Crippen LogP contribution in [0, 0.1) is 0 Å². The molecule has 1 heterocycles. The van der Waals surface area contributed by atoms with Gasteiger partial charge in [-0.3, -0.25) is 9.78 Å². The van der Waals surface area contributed by atoms with E-state index in [4.69, 9.17) is 0 Å². The Hall–Kier alpha value is -3.67. The zero-order valence-corrected chi connectivity index (χ0v) is 15.0. The molecule has 6 nitrogen and oxygen atoms in total. The molecule has 0 aliphatic rings. The number of nitrogens with one attached hydrogen (secondary N) is 1. The number of anilines is 3. The molecule has 0 unspecified atom stereocenters. The van der Waals surface area contributed by atoms with Gasteiger partial charge in [-0.15, -0.1) is 0 Å². The molecule has 1 aromatic heterocycles. The Morgan fingerprint density at radius 3 is 2.33 bits per heavy atom. The van der Waals surface area contributed by atoms with Crippen LogP contribution in [0.5, 0.6) is 0 Å². The summed E-state index contributed by atoms with van der Waals surface area (Å²) in [5.74, 6) is -0.754. The minimum Gasteiger partial charge on any atom is -0.465 e. The lowest BCUT2D eigenvalue weighted by Crippen LogP contribution is -2.16. The molecule has 0 saturated heterocycles. The van der Waals surface area contributed by atoms with E-state index in [0.717, 1.165) is 11.4 Å². The Bertz CT molecular complexity index is 940. The minimum absolute atomic E-state index is 0.298. The molecule has 3 rings (SSSR count). The summed E-state index contributed by atoms with van der Waals surface area (Å²) in [5, 5.41) is 2.78. The summed E-state index contributed by atoms with van der Waals surface area (Å²) in [7, 11) is 3.25. The van der Waals surface area contributed by atoms with Gasteiger partial charge in [-0.1, -0.05) is 18.2 Å². The number of rotatable bonds is 5. The van der Waals surface area contributed by atoms with Gasteiger partial charge in [0.25, 0.3) is 5.91 Å². The van der Waals surface area contributed by atoms with E-state index in [2.05, 4.69) is 15.0 Å². The van der Waals surface area contributed by atoms with Gasteiger partial charge in [0.15, 0.2) is 0 Å². The first-order chi connectivity index (χ1) is 13.1. The number of amides is 1. The summed E-state index contributed by atoms with van der Waals surface area (Å²) in [6, 6.07) is 19.9. The van der Waals surface area contributed by atoms with E-state index in [9.17, 15) is 9.59 Å². The predicted molar refractivity (Wildman–Crippen MR) is 104 cm³/mol. The molecular weight excluding hydrogens is 342 g/mol. The van der Waals surface area contributed by atoms with Crippen molar-refractivity contribution >= 4 is 28.9 Å². The lowest BCUT2D eigenvalue weighted by atomic mass is 10.2. The zero-order valence-electron chi connectivity index (χ0n) is 15.0. The number of aromatic nitrogens is 1. The molecule has 0 aliphatic carbocycles. The summed E-state index contributed by atoms with van der Waals surface area (Å²) in [6.45, 7) is 0. The average molecular weight is 361 g/mol. The summed E-state index contributed by atoms with van der Waals surface area (Å²) >= 11 is 0. The summed E-state index contributed by atoms with van der Waals surface area (Å²) in [5.41, 5.74) is 3.14. The third-order valence-electron chi connectivity index (χ3n) is 4.07. The van der Waals surface area contributed by atoms with Crippen LogP contribution in [-0.2, 0) is 4.74 Å². The second-order valence-corrected chi connectivity index (χ2v) is 5.82. The van der Waals surface area contributed by atoms with Crippen LogP contribution < -0.4 is 10.2 Å². The largest absolute Gasteiger partial charge is 0.465 e. The Morgan fingerprint density at radius 1 is 0.963 bits per heavy atom. The van der Waals surface area contributed by atoms with Gasteiger partial charge < -0.3 is 15.0 Å². The maximum atomic E-state index is 12.5. The molecule has 1 N–H and O–H groups in total. The molecule has 0 spiro atoms. The monoisotopic (exact) mass is 361 g/mol. The number of para-hydroxylation sites is 1. The van der Waals surface area contributed by atoms with Crippen molar-refractivity contribution in [3.8, 4) is 0 Å². The van der Waals surface area contributed by atoms with E-state index < -0.39 is 5.97 Å². The molecule has 3 aromatic rings. The Labute approximate surface area is 157 Å². The van der Waals surface area contributed by atoms with Crippen LogP contribution in [0.3, 0.4) is 0 Å². The highest BCUT2D eigenvalue weighted by molar-refractivity contribution is 6.03. The van der Waals surface area contributed by atoms with Crippen molar-refractivity contribution < 1.29 is 14.3 Å². The van der Waals surface area contributed by atoms with Crippen LogP contribution in [0.1, 0.15) is 20.8 Å². The lowest BCUT2D eigenvalue weighted by Gasteiger charge is -2.19. The summed E-state index contributed by atoms with van der Waals surface area (Å²) in [6.07, 6.45) is 1.60. The first kappa shape index (κ1) is 18.1. The van der Waals surface area contributed by atoms with Crippen molar-refractivity contribution in [1.82, 2.24) is 4.98 Å². The number of benzene rings is 2. The van der Waals surface area contributed by atoms with Crippen molar-refractivity contribution in [2.45, 2.75) is 0 Å². The average Bonchev–Trinajstić information content (AvgIpc) is 2.74. The number of nitrogens with zero attached hydrogens (tertiary/aromatic N) is 2. The SMILES string of the molecule is COC(=O)c1ccc(NC(=O)c2cc(N(C)c3ccccc3)ccn2)cc1. The Morgan fingerprint density at radius 2 is 1.67 bits per heavy atom. The van der Waals surface area contributed by atoms with Gasteiger partial charge in [0.05, 0.1) is 12.7 Å². The van der Waals surface area contributed by atoms with Gasteiger partial charge in [0.1, 0.15) is 5.69 Å². The molecule has 1 amide bonds. The van der Waals surface area contributed by atoms with E-state index >= 15 is 0 Å². The molecule has 0 radical (unpaired) electrons. The van der Waals surface area contributed by atoms with Crippen molar-refractivity contribution in [3.63, 3.8) is 0 Å².